The third-order valence-corrected chi connectivity index (χ3v) is 4.27. The van der Waals surface area contributed by atoms with Crippen LogP contribution in [0.4, 0.5) is 0 Å². The van der Waals surface area contributed by atoms with E-state index in [1.54, 1.807) is 4.57 Å². The summed E-state index contributed by atoms with van der Waals surface area (Å²) < 4.78 is 6.91. The van der Waals surface area contributed by atoms with Gasteiger partial charge in [0.15, 0.2) is 0 Å². The van der Waals surface area contributed by atoms with Crippen molar-refractivity contribution in [2.24, 2.45) is 0 Å². The third kappa shape index (κ3) is 4.43. The Balaban J connectivity index is 1.64. The number of nitrogens with zero attached hydrogens (tertiary/aromatic N) is 2. The van der Waals surface area contributed by atoms with Crippen molar-refractivity contribution in [3.8, 4) is 0 Å². The zero-order valence-electron chi connectivity index (χ0n) is 11.8. The normalized spacial score (nSPS) is 16.2. The van der Waals surface area contributed by atoms with Crippen LogP contribution in [0, 0.1) is 6.92 Å². The Morgan fingerprint density at radius 3 is 2.80 bits per heavy atom. The first kappa shape index (κ1) is 15.2. The van der Waals surface area contributed by atoms with Gasteiger partial charge in [-0.25, -0.2) is 0 Å². The predicted octanol–water partition coefficient (Wildman–Crippen LogP) is 0.0567. The molecule has 0 bridgehead atoms. The van der Waals surface area contributed by atoms with Gasteiger partial charge in [-0.2, -0.15) is 0 Å². The Morgan fingerprint density at radius 1 is 1.40 bits per heavy atom. The van der Waals surface area contributed by atoms with Gasteiger partial charge in [-0.3, -0.25) is 14.5 Å². The largest absolute Gasteiger partial charge is 0.379 e. The maximum atomic E-state index is 11.7. The lowest BCUT2D eigenvalue weighted by atomic mass is 10.3. The van der Waals surface area contributed by atoms with E-state index in [2.05, 4.69) is 10.2 Å². The van der Waals surface area contributed by atoms with Crippen molar-refractivity contribution >= 4 is 17.2 Å². The Labute approximate surface area is 122 Å². The number of morpholine rings is 1. The van der Waals surface area contributed by atoms with Crippen molar-refractivity contribution in [3.05, 3.63) is 20.7 Å². The van der Waals surface area contributed by atoms with E-state index in [0.29, 0.717) is 19.5 Å². The quantitative estimate of drug-likeness (QED) is 0.806. The molecule has 1 aromatic heterocycles. The fourth-order valence-electron chi connectivity index (χ4n) is 2.15. The molecule has 112 valence electrons. The number of thiazole rings is 1. The molecule has 0 radical (unpaired) electrons. The SMILES string of the molecule is Cc1csc(=O)n1CCC(=O)NCCN1CCOCC1. The van der Waals surface area contributed by atoms with Crippen LogP contribution in [0.1, 0.15) is 12.1 Å². The minimum absolute atomic E-state index is 0.00335. The number of hydrogen-bond acceptors (Lipinski definition) is 5. The number of nitrogens with one attached hydrogen (secondary N) is 1. The summed E-state index contributed by atoms with van der Waals surface area (Å²) in [5.74, 6) is -0.00393. The molecule has 7 heteroatoms. The summed E-state index contributed by atoms with van der Waals surface area (Å²) in [4.78, 5) is 25.5. The summed E-state index contributed by atoms with van der Waals surface area (Å²) in [6, 6.07) is 0. The molecule has 0 saturated carbocycles. The van der Waals surface area contributed by atoms with Crippen LogP contribution >= 0.6 is 11.3 Å². The van der Waals surface area contributed by atoms with Crippen LogP contribution in [-0.2, 0) is 16.1 Å². The number of rotatable bonds is 6. The zero-order valence-corrected chi connectivity index (χ0v) is 12.6. The summed E-state index contributed by atoms with van der Waals surface area (Å²) in [5, 5.41) is 4.72. The van der Waals surface area contributed by atoms with Gasteiger partial charge in [0.2, 0.25) is 5.91 Å². The molecular formula is C13H21N3O3S. The average molecular weight is 299 g/mol. The summed E-state index contributed by atoms with van der Waals surface area (Å²) in [7, 11) is 0. The lowest BCUT2D eigenvalue weighted by Crippen LogP contribution is -2.41. The second-order valence-electron chi connectivity index (χ2n) is 4.85. The molecule has 1 saturated heterocycles. The molecule has 0 atom stereocenters. The molecule has 1 aromatic rings. The van der Waals surface area contributed by atoms with Gasteiger partial charge in [0.25, 0.3) is 0 Å². The summed E-state index contributed by atoms with van der Waals surface area (Å²) in [6.45, 7) is 7.25. The number of amides is 1. The highest BCUT2D eigenvalue weighted by molar-refractivity contribution is 7.07. The average Bonchev–Trinajstić information content (AvgIpc) is 2.77. The Morgan fingerprint density at radius 2 is 2.15 bits per heavy atom. The van der Waals surface area contributed by atoms with Crippen LogP contribution in [0.3, 0.4) is 0 Å². The smallest absolute Gasteiger partial charge is 0.307 e. The van der Waals surface area contributed by atoms with E-state index >= 15 is 0 Å². The van der Waals surface area contributed by atoms with E-state index < -0.39 is 0 Å². The monoisotopic (exact) mass is 299 g/mol. The highest BCUT2D eigenvalue weighted by Gasteiger charge is 2.10. The Kier molecular flexibility index (Phi) is 5.75. The molecule has 1 N–H and O–H groups in total. The number of hydrogen-bond donors (Lipinski definition) is 1. The van der Waals surface area contributed by atoms with Gasteiger partial charge < -0.3 is 14.6 Å². The standard InChI is InChI=1S/C13H21N3O3S/c1-11-10-20-13(18)16(11)4-2-12(17)14-3-5-15-6-8-19-9-7-15/h10H,2-9H2,1H3,(H,14,17). The highest BCUT2D eigenvalue weighted by atomic mass is 32.1. The van der Waals surface area contributed by atoms with Crippen molar-refractivity contribution in [2.45, 2.75) is 19.9 Å². The van der Waals surface area contributed by atoms with Crippen molar-refractivity contribution < 1.29 is 9.53 Å². The second kappa shape index (κ2) is 7.56. The Hall–Kier alpha value is -1.18. The van der Waals surface area contributed by atoms with E-state index in [0.717, 1.165) is 38.5 Å². The van der Waals surface area contributed by atoms with E-state index in [1.807, 2.05) is 12.3 Å². The minimum Gasteiger partial charge on any atom is -0.379 e. The fraction of sp³-hybridized carbons (Fsp3) is 0.692. The first-order chi connectivity index (χ1) is 9.66. The first-order valence-corrected chi connectivity index (χ1v) is 7.76. The number of aryl methyl sites for hydroxylation is 1. The van der Waals surface area contributed by atoms with Gasteiger partial charge in [0.05, 0.1) is 13.2 Å². The Bertz CT molecular complexity index is 491. The molecule has 2 heterocycles. The first-order valence-electron chi connectivity index (χ1n) is 6.88. The van der Waals surface area contributed by atoms with Crippen molar-refractivity contribution in [1.82, 2.24) is 14.8 Å². The van der Waals surface area contributed by atoms with Crippen LogP contribution in [0.5, 0.6) is 0 Å². The lowest BCUT2D eigenvalue weighted by Gasteiger charge is -2.26. The summed E-state index contributed by atoms with van der Waals surface area (Å²) in [6.07, 6.45) is 0.348. The van der Waals surface area contributed by atoms with Gasteiger partial charge in [-0.15, -0.1) is 0 Å². The van der Waals surface area contributed by atoms with Crippen LogP contribution in [0.15, 0.2) is 10.2 Å². The van der Waals surface area contributed by atoms with Crippen molar-refractivity contribution in [1.29, 1.82) is 0 Å². The molecule has 2 rings (SSSR count). The molecule has 1 fully saturated rings. The van der Waals surface area contributed by atoms with E-state index in [1.165, 1.54) is 11.3 Å². The third-order valence-electron chi connectivity index (χ3n) is 3.39. The molecule has 0 aromatic carbocycles. The molecular weight excluding hydrogens is 278 g/mol. The summed E-state index contributed by atoms with van der Waals surface area (Å²) in [5.41, 5.74) is 0.918. The zero-order chi connectivity index (χ0) is 14.4. The van der Waals surface area contributed by atoms with Crippen LogP contribution < -0.4 is 10.2 Å². The maximum absolute atomic E-state index is 11.7. The maximum Gasteiger partial charge on any atom is 0.307 e. The van der Waals surface area contributed by atoms with E-state index in [-0.39, 0.29) is 10.8 Å². The van der Waals surface area contributed by atoms with Gasteiger partial charge in [0, 0.05) is 50.2 Å². The number of carbonyl (C=O) groups is 1. The van der Waals surface area contributed by atoms with Crippen LogP contribution in [0.25, 0.3) is 0 Å². The molecule has 1 aliphatic heterocycles. The molecule has 0 spiro atoms. The molecule has 20 heavy (non-hydrogen) atoms. The van der Waals surface area contributed by atoms with Gasteiger partial charge in [-0.05, 0) is 6.92 Å². The van der Waals surface area contributed by atoms with E-state index in [4.69, 9.17) is 4.74 Å². The van der Waals surface area contributed by atoms with Crippen LogP contribution in [0.2, 0.25) is 0 Å². The molecule has 1 amide bonds. The highest BCUT2D eigenvalue weighted by Crippen LogP contribution is 2.00. The predicted molar refractivity (Wildman–Crippen MR) is 78.2 cm³/mol. The van der Waals surface area contributed by atoms with Gasteiger partial charge in [-0.1, -0.05) is 11.3 Å². The second-order valence-corrected chi connectivity index (χ2v) is 5.67. The van der Waals surface area contributed by atoms with Crippen LogP contribution in [-0.4, -0.2) is 54.8 Å². The number of carbonyl (C=O) groups excluding carboxylic acids is 1. The van der Waals surface area contributed by atoms with Gasteiger partial charge >= 0.3 is 4.87 Å². The molecule has 1 aliphatic rings. The van der Waals surface area contributed by atoms with Crippen molar-refractivity contribution in [3.63, 3.8) is 0 Å². The molecule has 6 nitrogen and oxygen atoms in total. The van der Waals surface area contributed by atoms with Gasteiger partial charge in [0.1, 0.15) is 0 Å². The number of ether oxygens (including phenoxy) is 1. The van der Waals surface area contributed by atoms with E-state index in [9.17, 15) is 9.59 Å². The van der Waals surface area contributed by atoms with Crippen molar-refractivity contribution in [2.75, 3.05) is 39.4 Å². The summed E-state index contributed by atoms with van der Waals surface area (Å²) >= 11 is 1.18. The minimum atomic E-state index is -0.00393. The fourth-order valence-corrected chi connectivity index (χ4v) is 2.92. The topological polar surface area (TPSA) is 63.6 Å². The lowest BCUT2D eigenvalue weighted by molar-refractivity contribution is -0.121. The number of aromatic nitrogens is 1. The molecule has 0 unspecified atom stereocenters. The molecule has 0 aliphatic carbocycles.